The lowest BCUT2D eigenvalue weighted by molar-refractivity contribution is -0.141. The Morgan fingerprint density at radius 2 is 1.44 bits per heavy atom. The van der Waals surface area contributed by atoms with Crippen molar-refractivity contribution in [2.24, 2.45) is 5.92 Å². The summed E-state index contributed by atoms with van der Waals surface area (Å²) in [5, 5.41) is 3.40. The zero-order chi connectivity index (χ0) is 13.0. The molecule has 0 aromatic carbocycles. The van der Waals surface area contributed by atoms with Crippen molar-refractivity contribution in [1.29, 1.82) is 0 Å². The summed E-state index contributed by atoms with van der Waals surface area (Å²) in [4.78, 5) is 14.9. The van der Waals surface area contributed by atoms with Crippen LogP contribution in [0.2, 0.25) is 0 Å². The van der Waals surface area contributed by atoms with Crippen LogP contribution in [0.3, 0.4) is 0 Å². The van der Waals surface area contributed by atoms with Crippen molar-refractivity contribution in [1.82, 2.24) is 10.2 Å². The van der Waals surface area contributed by atoms with E-state index in [1.165, 1.54) is 32.1 Å². The minimum absolute atomic E-state index is 0.299. The van der Waals surface area contributed by atoms with Gasteiger partial charge >= 0.3 is 0 Å². The van der Waals surface area contributed by atoms with Gasteiger partial charge in [0.25, 0.3) is 0 Å². The molecule has 0 radical (unpaired) electrons. The maximum absolute atomic E-state index is 12.7. The lowest BCUT2D eigenvalue weighted by atomic mass is 9.89. The smallest absolute Gasteiger partial charge is 0.226 e. The monoisotopic (exact) mass is 252 g/mol. The Bertz CT molecular complexity index is 262. The van der Waals surface area contributed by atoms with Crippen LogP contribution in [0.25, 0.3) is 0 Å². The van der Waals surface area contributed by atoms with E-state index >= 15 is 0 Å². The molecule has 2 rings (SSSR count). The van der Waals surface area contributed by atoms with E-state index in [4.69, 9.17) is 0 Å². The molecule has 1 N–H and O–H groups in total. The Morgan fingerprint density at radius 1 is 0.944 bits per heavy atom. The summed E-state index contributed by atoms with van der Waals surface area (Å²) in [6.45, 7) is 6.23. The average Bonchev–Trinajstić information content (AvgIpc) is 2.27. The molecule has 3 heteroatoms. The normalized spacial score (nSPS) is 31.8. The Labute approximate surface area is 111 Å². The number of piperazine rings is 1. The second-order valence-corrected chi connectivity index (χ2v) is 6.14. The van der Waals surface area contributed by atoms with Gasteiger partial charge in [0.1, 0.15) is 0 Å². The molecule has 2 atom stereocenters. The van der Waals surface area contributed by atoms with E-state index < -0.39 is 0 Å². The van der Waals surface area contributed by atoms with Gasteiger partial charge in [-0.15, -0.1) is 0 Å². The first-order valence-corrected chi connectivity index (χ1v) is 7.73. The number of amides is 1. The van der Waals surface area contributed by atoms with Gasteiger partial charge in [-0.1, -0.05) is 32.1 Å². The summed E-state index contributed by atoms with van der Waals surface area (Å²) < 4.78 is 0. The van der Waals surface area contributed by atoms with E-state index in [1.54, 1.807) is 0 Å². The third kappa shape index (κ3) is 3.25. The molecular weight excluding hydrogens is 224 g/mol. The summed E-state index contributed by atoms with van der Waals surface area (Å²) in [6, 6.07) is 0.707. The van der Waals surface area contributed by atoms with E-state index in [0.717, 1.165) is 25.9 Å². The largest absolute Gasteiger partial charge is 0.334 e. The van der Waals surface area contributed by atoms with Gasteiger partial charge in [0.2, 0.25) is 5.91 Å². The molecule has 1 aliphatic heterocycles. The Kier molecular flexibility index (Phi) is 5.04. The van der Waals surface area contributed by atoms with Crippen molar-refractivity contribution in [3.8, 4) is 0 Å². The number of nitrogens with zero attached hydrogens (tertiary/aromatic N) is 1. The molecular formula is C15H28N2O. The average molecular weight is 252 g/mol. The zero-order valence-electron chi connectivity index (χ0n) is 12.0. The first-order valence-electron chi connectivity index (χ1n) is 7.73. The second kappa shape index (κ2) is 6.55. The maximum atomic E-state index is 12.7. The second-order valence-electron chi connectivity index (χ2n) is 6.14. The number of hydrogen-bond acceptors (Lipinski definition) is 2. The van der Waals surface area contributed by atoms with Crippen molar-refractivity contribution < 1.29 is 4.79 Å². The lowest BCUT2D eigenvalue weighted by Crippen LogP contribution is -2.58. The first-order chi connectivity index (χ1) is 8.70. The molecule has 1 saturated heterocycles. The molecule has 1 saturated carbocycles. The molecule has 0 aromatic heterocycles. The molecule has 1 heterocycles. The summed E-state index contributed by atoms with van der Waals surface area (Å²) in [6.07, 6.45) is 8.70. The quantitative estimate of drug-likeness (QED) is 0.778. The third-order valence-corrected chi connectivity index (χ3v) is 4.54. The lowest BCUT2D eigenvalue weighted by Gasteiger charge is -2.41. The van der Waals surface area contributed by atoms with Crippen molar-refractivity contribution >= 4 is 5.91 Å². The van der Waals surface area contributed by atoms with Crippen molar-refractivity contribution in [2.45, 2.75) is 70.9 Å². The van der Waals surface area contributed by atoms with Crippen LogP contribution in [0, 0.1) is 5.92 Å². The fraction of sp³-hybridized carbons (Fsp3) is 0.933. The van der Waals surface area contributed by atoms with E-state index in [2.05, 4.69) is 24.1 Å². The molecule has 0 aromatic rings. The fourth-order valence-corrected chi connectivity index (χ4v) is 3.48. The van der Waals surface area contributed by atoms with E-state index in [9.17, 15) is 4.79 Å². The molecule has 0 spiro atoms. The summed E-state index contributed by atoms with van der Waals surface area (Å²) in [7, 11) is 0. The van der Waals surface area contributed by atoms with Gasteiger partial charge in [0, 0.05) is 31.1 Å². The van der Waals surface area contributed by atoms with Crippen LogP contribution >= 0.6 is 0 Å². The fourth-order valence-electron chi connectivity index (χ4n) is 3.48. The van der Waals surface area contributed by atoms with E-state index in [1.807, 2.05) is 0 Å². The van der Waals surface area contributed by atoms with Crippen LogP contribution in [0.1, 0.15) is 58.8 Å². The summed E-state index contributed by atoms with van der Waals surface area (Å²) >= 11 is 0. The Hall–Kier alpha value is -0.570. The minimum Gasteiger partial charge on any atom is -0.334 e. The Morgan fingerprint density at radius 3 is 2.00 bits per heavy atom. The number of nitrogens with one attached hydrogen (secondary N) is 1. The van der Waals surface area contributed by atoms with Gasteiger partial charge in [-0.05, 0) is 26.7 Å². The molecule has 1 aliphatic carbocycles. The molecule has 2 unspecified atom stereocenters. The van der Waals surface area contributed by atoms with Crippen LogP contribution < -0.4 is 5.32 Å². The third-order valence-electron chi connectivity index (χ3n) is 4.54. The van der Waals surface area contributed by atoms with Gasteiger partial charge in [0.05, 0.1) is 0 Å². The number of hydrogen-bond donors (Lipinski definition) is 1. The standard InChI is InChI=1S/C15H28N2O/c1-12-10-16-11-13(2)17(12)15(18)14-8-6-4-3-5-7-9-14/h12-14,16H,3-11H2,1-2H3. The van der Waals surface area contributed by atoms with Crippen LogP contribution in [0.4, 0.5) is 0 Å². The topological polar surface area (TPSA) is 32.3 Å². The number of carbonyl (C=O) groups is 1. The van der Waals surface area contributed by atoms with Crippen molar-refractivity contribution in [3.63, 3.8) is 0 Å². The van der Waals surface area contributed by atoms with Gasteiger partial charge < -0.3 is 10.2 Å². The SMILES string of the molecule is CC1CNCC(C)N1C(=O)C1CCCCCCC1. The van der Waals surface area contributed by atoms with Crippen LogP contribution in [-0.2, 0) is 4.79 Å². The van der Waals surface area contributed by atoms with Gasteiger partial charge in [-0.2, -0.15) is 0 Å². The first kappa shape index (κ1) is 13.9. The predicted molar refractivity (Wildman–Crippen MR) is 74.4 cm³/mol. The van der Waals surface area contributed by atoms with Gasteiger partial charge in [0.15, 0.2) is 0 Å². The highest BCUT2D eigenvalue weighted by molar-refractivity contribution is 5.79. The molecule has 3 nitrogen and oxygen atoms in total. The maximum Gasteiger partial charge on any atom is 0.226 e. The zero-order valence-corrected chi connectivity index (χ0v) is 12.0. The van der Waals surface area contributed by atoms with Crippen LogP contribution in [-0.4, -0.2) is 36.0 Å². The Balaban J connectivity index is 1.98. The van der Waals surface area contributed by atoms with Gasteiger partial charge in [-0.3, -0.25) is 4.79 Å². The van der Waals surface area contributed by atoms with Crippen molar-refractivity contribution in [3.05, 3.63) is 0 Å². The van der Waals surface area contributed by atoms with E-state index in [-0.39, 0.29) is 0 Å². The summed E-state index contributed by atoms with van der Waals surface area (Å²) in [5.74, 6) is 0.728. The van der Waals surface area contributed by atoms with Gasteiger partial charge in [-0.25, -0.2) is 0 Å². The van der Waals surface area contributed by atoms with Crippen LogP contribution in [0.15, 0.2) is 0 Å². The highest BCUT2D eigenvalue weighted by Gasteiger charge is 2.32. The molecule has 104 valence electrons. The minimum atomic E-state index is 0.299. The van der Waals surface area contributed by atoms with E-state index in [0.29, 0.717) is 23.9 Å². The number of rotatable bonds is 1. The highest BCUT2D eigenvalue weighted by Crippen LogP contribution is 2.26. The van der Waals surface area contributed by atoms with Crippen LogP contribution in [0.5, 0.6) is 0 Å². The predicted octanol–water partition coefficient (Wildman–Crippen LogP) is 2.56. The molecule has 2 fully saturated rings. The molecule has 0 bridgehead atoms. The number of carbonyl (C=O) groups excluding carboxylic acids is 1. The highest BCUT2D eigenvalue weighted by atomic mass is 16.2. The van der Waals surface area contributed by atoms with Crippen molar-refractivity contribution in [2.75, 3.05) is 13.1 Å². The molecule has 2 aliphatic rings. The molecule has 18 heavy (non-hydrogen) atoms. The summed E-state index contributed by atoms with van der Waals surface area (Å²) in [5.41, 5.74) is 0. The molecule has 1 amide bonds.